The molecular weight excluding hydrogens is 233 g/mol. The molecule has 0 bridgehead atoms. The predicted molar refractivity (Wildman–Crippen MR) is 49.3 cm³/mol. The highest BCUT2D eigenvalue weighted by Crippen LogP contribution is 2.11. The topological polar surface area (TPSA) is 12.4 Å². The fourth-order valence-corrected chi connectivity index (χ4v) is 2.36. The summed E-state index contributed by atoms with van der Waals surface area (Å²) in [5, 5.41) is 1.85. The Hall–Kier alpha value is 0.360. The van der Waals surface area contributed by atoms with E-state index in [-0.39, 0.29) is 21.0 Å². The quantitative estimate of drug-likeness (QED) is 0.418. The number of hydrogen-bond acceptors (Lipinski definition) is 2. The zero-order valence-electron chi connectivity index (χ0n) is 4.51. The van der Waals surface area contributed by atoms with E-state index in [2.05, 4.69) is 16.3 Å². The van der Waals surface area contributed by atoms with E-state index < -0.39 is 0 Å². The van der Waals surface area contributed by atoms with Crippen molar-refractivity contribution < 1.29 is 0 Å². The second-order valence-corrected chi connectivity index (χ2v) is 4.83. The van der Waals surface area contributed by atoms with Crippen molar-refractivity contribution in [3.05, 3.63) is 24.8 Å². The monoisotopic (exact) mass is 241 g/mol. The van der Waals surface area contributed by atoms with Gasteiger partial charge in [-0.1, -0.05) is 13.2 Å². The third-order valence-electron chi connectivity index (χ3n) is 0.368. The van der Waals surface area contributed by atoms with E-state index in [1.54, 1.807) is 18.0 Å². The third-order valence-corrected chi connectivity index (χ3v) is 3.53. The van der Waals surface area contributed by atoms with Gasteiger partial charge in [-0.2, -0.15) is 0 Å². The number of hydrogen-bond donors (Lipinski definition) is 0. The van der Waals surface area contributed by atoms with Crippen molar-refractivity contribution in [3.63, 3.8) is 0 Å². The average Bonchev–Trinajstić information content (AvgIpc) is 1.81. The summed E-state index contributed by atoms with van der Waals surface area (Å²) in [6, 6.07) is 0. The first-order valence-electron chi connectivity index (χ1n) is 2.04. The number of rotatable bonds is 4. The molecular formula is C5H8INS. The molecule has 0 N–H and O–H groups in total. The molecule has 0 aromatic heterocycles. The van der Waals surface area contributed by atoms with Crippen LogP contribution in [0.4, 0.5) is 0 Å². The maximum atomic E-state index is 4.01. The van der Waals surface area contributed by atoms with Crippen LogP contribution >= 0.6 is 32.8 Å². The summed E-state index contributed by atoms with van der Waals surface area (Å²) in [5.74, 6) is 0. The van der Waals surface area contributed by atoms with Gasteiger partial charge < -0.3 is 0 Å². The molecule has 0 saturated carbocycles. The molecule has 0 aliphatic rings. The largest absolute Gasteiger partial charge is 0.235 e. The molecule has 0 atom stereocenters. The smallest absolute Gasteiger partial charge is 0.0615 e. The number of halogens is 1. The van der Waals surface area contributed by atoms with Crippen molar-refractivity contribution in [2.24, 2.45) is 3.15 Å². The van der Waals surface area contributed by atoms with Gasteiger partial charge in [0.05, 0.1) is 3.76 Å². The molecule has 3 heteroatoms. The predicted octanol–water partition coefficient (Wildman–Crippen LogP) is 3.12. The van der Waals surface area contributed by atoms with Gasteiger partial charge >= 0.3 is 0 Å². The number of thioether (sulfide) groups is 1. The Bertz CT molecular complexity index is 101. The highest BCUT2D eigenvalue weighted by Gasteiger charge is 1.71. The van der Waals surface area contributed by atoms with Gasteiger partial charge in [-0.25, -0.2) is 3.15 Å². The van der Waals surface area contributed by atoms with Crippen molar-refractivity contribution in [1.29, 1.82) is 0 Å². The van der Waals surface area contributed by atoms with E-state index in [1.807, 2.05) is 5.41 Å². The van der Waals surface area contributed by atoms with E-state index in [1.165, 1.54) is 0 Å². The molecule has 0 aromatic carbocycles. The summed E-state index contributed by atoms with van der Waals surface area (Å²) < 4.78 is 5.13. The second kappa shape index (κ2) is 7.36. The normalized spacial score (nSPS) is 10.5. The zero-order valence-corrected chi connectivity index (χ0v) is 7.48. The molecule has 8 heavy (non-hydrogen) atoms. The van der Waals surface area contributed by atoms with Crippen LogP contribution in [0, 0.1) is 0 Å². The second-order valence-electron chi connectivity index (χ2n) is 0.842. The van der Waals surface area contributed by atoms with E-state index >= 15 is 0 Å². The van der Waals surface area contributed by atoms with Gasteiger partial charge in [0, 0.05) is 27.2 Å². The minimum absolute atomic E-state index is 0.0170. The van der Waals surface area contributed by atoms with Gasteiger partial charge in [0.1, 0.15) is 0 Å². The van der Waals surface area contributed by atoms with E-state index in [0.717, 1.165) is 3.76 Å². The van der Waals surface area contributed by atoms with Crippen LogP contribution in [-0.2, 0) is 0 Å². The fraction of sp³-hybridized carbons (Fsp3) is 0.200. The Labute approximate surface area is 64.4 Å². The lowest BCUT2D eigenvalue weighted by atomic mass is 11.1. The molecule has 0 amide bonds. The molecule has 0 spiro atoms. The molecule has 0 aromatic rings. The molecule has 0 rings (SSSR count). The van der Waals surface area contributed by atoms with E-state index in [0.29, 0.717) is 0 Å². The first-order chi connectivity index (χ1) is 3.91. The molecule has 1 nitrogen and oxygen atoms in total. The summed E-state index contributed by atoms with van der Waals surface area (Å²) in [5.41, 5.74) is 0. The SMILES string of the molecule is C=C/N=I/CSC=C. The summed E-state index contributed by atoms with van der Waals surface area (Å²) in [7, 11) is 0. The first-order valence-corrected chi connectivity index (χ1v) is 5.57. The van der Waals surface area contributed by atoms with Crippen molar-refractivity contribution >= 4 is 32.8 Å². The van der Waals surface area contributed by atoms with Gasteiger partial charge in [0.25, 0.3) is 0 Å². The van der Waals surface area contributed by atoms with Gasteiger partial charge in [-0.3, -0.25) is 0 Å². The summed E-state index contributed by atoms with van der Waals surface area (Å²) in [4.78, 5) is 0. The molecule has 0 radical (unpaired) electrons. The van der Waals surface area contributed by atoms with E-state index in [4.69, 9.17) is 0 Å². The molecule has 0 aliphatic heterocycles. The first kappa shape index (κ1) is 8.36. The van der Waals surface area contributed by atoms with Crippen LogP contribution in [0.15, 0.2) is 27.9 Å². The van der Waals surface area contributed by atoms with Crippen molar-refractivity contribution in [3.8, 4) is 0 Å². The molecule has 46 valence electrons. The minimum atomic E-state index is 0.0170. The van der Waals surface area contributed by atoms with Crippen LogP contribution in [0.2, 0.25) is 0 Å². The van der Waals surface area contributed by atoms with Crippen LogP contribution in [0.5, 0.6) is 0 Å². The number of alkyl halides is 1. The minimum Gasteiger partial charge on any atom is -0.235 e. The maximum absolute atomic E-state index is 4.01. The van der Waals surface area contributed by atoms with Crippen LogP contribution in [0.3, 0.4) is 0 Å². The summed E-state index contributed by atoms with van der Waals surface area (Å²) in [6.45, 7) is 7.06. The zero-order chi connectivity index (χ0) is 6.24. The van der Waals surface area contributed by atoms with Gasteiger partial charge in [0.15, 0.2) is 0 Å². The molecule has 0 unspecified atom stereocenters. The Morgan fingerprint density at radius 3 is 2.88 bits per heavy atom. The Balaban J connectivity index is 3.02. The van der Waals surface area contributed by atoms with Crippen LogP contribution in [0.25, 0.3) is 0 Å². The highest BCUT2D eigenvalue weighted by molar-refractivity contribution is 14.2. The van der Waals surface area contributed by atoms with E-state index in [9.17, 15) is 0 Å². The van der Waals surface area contributed by atoms with Crippen LogP contribution < -0.4 is 0 Å². The lowest BCUT2D eigenvalue weighted by molar-refractivity contribution is 1.72. The summed E-state index contributed by atoms with van der Waals surface area (Å²) >= 11 is 1.74. The molecule has 0 aliphatic carbocycles. The maximum Gasteiger partial charge on any atom is 0.0615 e. The van der Waals surface area contributed by atoms with Gasteiger partial charge in [-0.15, -0.1) is 11.8 Å². The van der Waals surface area contributed by atoms with Crippen LogP contribution in [-0.4, -0.2) is 3.76 Å². The molecule has 0 fully saturated rings. The van der Waals surface area contributed by atoms with Gasteiger partial charge in [-0.05, 0) is 5.41 Å². The van der Waals surface area contributed by atoms with Gasteiger partial charge in [0.2, 0.25) is 0 Å². The summed E-state index contributed by atoms with van der Waals surface area (Å²) in [6.07, 6.45) is 1.62. The lowest BCUT2D eigenvalue weighted by Gasteiger charge is -1.78. The van der Waals surface area contributed by atoms with Crippen molar-refractivity contribution in [1.82, 2.24) is 0 Å². The van der Waals surface area contributed by atoms with Crippen molar-refractivity contribution in [2.75, 3.05) is 3.76 Å². The number of nitrogens with zero attached hydrogens (tertiary/aromatic N) is 1. The third kappa shape index (κ3) is 6.36. The Morgan fingerprint density at radius 2 is 2.38 bits per heavy atom. The lowest BCUT2D eigenvalue weighted by Crippen LogP contribution is -1.48. The fourth-order valence-electron chi connectivity index (χ4n) is 0.150. The Kier molecular flexibility index (Phi) is 7.69. The van der Waals surface area contributed by atoms with Crippen LogP contribution in [0.1, 0.15) is 0 Å². The Morgan fingerprint density at radius 1 is 1.62 bits per heavy atom. The molecule has 0 heterocycles. The average molecular weight is 241 g/mol. The van der Waals surface area contributed by atoms with Crippen molar-refractivity contribution in [2.45, 2.75) is 0 Å². The standard InChI is InChI=1S/C5H8INS/c1-3-7-6-5-8-4-2/h3-4H,1-2,5H2. The highest BCUT2D eigenvalue weighted by atomic mass is 127. The molecule has 0 saturated heterocycles.